The van der Waals surface area contributed by atoms with Crippen LogP contribution < -0.4 is 15.5 Å². The number of methoxy groups -OCH3 is 2. The van der Waals surface area contributed by atoms with E-state index >= 15 is 0 Å². The second kappa shape index (κ2) is 9.96. The fraction of sp³-hybridized carbons (Fsp3) is 0.259. The van der Waals surface area contributed by atoms with Gasteiger partial charge in [0.25, 0.3) is 0 Å². The second-order valence-electron chi connectivity index (χ2n) is 8.51. The maximum atomic E-state index is 13.2. The van der Waals surface area contributed by atoms with Crippen LogP contribution in [0.3, 0.4) is 0 Å². The van der Waals surface area contributed by atoms with Crippen LogP contribution in [0.4, 0.5) is 11.4 Å². The molecule has 1 amide bonds. The van der Waals surface area contributed by atoms with Crippen molar-refractivity contribution in [3.05, 3.63) is 82.8 Å². The van der Waals surface area contributed by atoms with Crippen LogP contribution in [0, 0.1) is 11.3 Å². The molecular weight excluding hydrogens is 460 g/mol. The Hall–Kier alpha value is -4.58. The van der Waals surface area contributed by atoms with Gasteiger partial charge in [-0.3, -0.25) is 9.69 Å². The first-order valence-electron chi connectivity index (χ1n) is 11.4. The number of allylic oxidation sites excluding steroid dienone is 1. The number of benzene rings is 2. The zero-order valence-electron chi connectivity index (χ0n) is 20.2. The summed E-state index contributed by atoms with van der Waals surface area (Å²) in [5, 5.41) is 10.2. The molecule has 4 rings (SSSR count). The van der Waals surface area contributed by atoms with Gasteiger partial charge in [-0.05, 0) is 37.1 Å². The highest BCUT2D eigenvalue weighted by molar-refractivity contribution is 6.06. The van der Waals surface area contributed by atoms with Crippen LogP contribution in [0.1, 0.15) is 31.2 Å². The Morgan fingerprint density at radius 1 is 1.03 bits per heavy atom. The normalized spacial score (nSPS) is 19.9. The Labute approximate surface area is 209 Å². The predicted octanol–water partition coefficient (Wildman–Crippen LogP) is 3.10. The summed E-state index contributed by atoms with van der Waals surface area (Å²) in [6, 6.07) is 17.8. The van der Waals surface area contributed by atoms with E-state index < -0.39 is 17.9 Å². The number of nitriles is 1. The van der Waals surface area contributed by atoms with Gasteiger partial charge in [0.1, 0.15) is 11.5 Å². The van der Waals surface area contributed by atoms with E-state index in [1.54, 1.807) is 59.5 Å². The first-order chi connectivity index (χ1) is 17.3. The molecule has 2 aromatic carbocycles. The fourth-order valence-electron chi connectivity index (χ4n) is 4.79. The fourth-order valence-corrected chi connectivity index (χ4v) is 4.79. The summed E-state index contributed by atoms with van der Waals surface area (Å²) in [6.45, 7) is 1.96. The molecular formula is C27H26N4O5. The number of carbonyl (C=O) groups is 3. The molecule has 184 valence electrons. The third-order valence-electron chi connectivity index (χ3n) is 6.46. The third kappa shape index (κ3) is 4.07. The van der Waals surface area contributed by atoms with Crippen LogP contribution in [0.2, 0.25) is 0 Å². The molecule has 0 aliphatic carbocycles. The minimum absolute atomic E-state index is 0.000347. The molecule has 2 aliphatic rings. The summed E-state index contributed by atoms with van der Waals surface area (Å²) in [7, 11) is 2.39. The maximum absolute atomic E-state index is 13.2. The number of anilines is 2. The van der Waals surface area contributed by atoms with Crippen molar-refractivity contribution in [2.24, 2.45) is 5.73 Å². The lowest BCUT2D eigenvalue weighted by atomic mass is 9.81. The summed E-state index contributed by atoms with van der Waals surface area (Å²) in [5.74, 6) is -2.61. The second-order valence-corrected chi connectivity index (χ2v) is 8.51. The van der Waals surface area contributed by atoms with Gasteiger partial charge in [0.15, 0.2) is 0 Å². The highest BCUT2D eigenvalue weighted by atomic mass is 16.5. The van der Waals surface area contributed by atoms with Gasteiger partial charge in [-0.15, -0.1) is 0 Å². The summed E-state index contributed by atoms with van der Waals surface area (Å²) in [4.78, 5) is 41.9. The molecule has 0 radical (unpaired) electrons. The average Bonchev–Trinajstić information content (AvgIpc) is 3.24. The van der Waals surface area contributed by atoms with E-state index in [4.69, 9.17) is 15.2 Å². The van der Waals surface area contributed by atoms with E-state index in [2.05, 4.69) is 6.07 Å². The molecule has 2 unspecified atom stereocenters. The highest BCUT2D eigenvalue weighted by Gasteiger charge is 2.43. The average molecular weight is 487 g/mol. The van der Waals surface area contributed by atoms with Crippen LogP contribution in [0.25, 0.3) is 0 Å². The standard InChI is InChI=1S/C27H26N4O5/c1-16-12-13-21(32)30(16)18-10-7-11-19(14-18)31-24(27(34)36-3)23(26(33)35-2)22(20(15-28)25(31)29)17-8-5-4-6-9-17/h4-11,14,16,22H,12-13,29H2,1-3H3. The van der Waals surface area contributed by atoms with Gasteiger partial charge in [0, 0.05) is 23.8 Å². The van der Waals surface area contributed by atoms with E-state index in [0.29, 0.717) is 23.4 Å². The van der Waals surface area contributed by atoms with Crippen molar-refractivity contribution < 1.29 is 23.9 Å². The number of hydrogen-bond acceptors (Lipinski definition) is 8. The molecule has 2 heterocycles. The predicted molar refractivity (Wildman–Crippen MR) is 132 cm³/mol. The van der Waals surface area contributed by atoms with Gasteiger partial charge < -0.3 is 20.1 Å². The quantitative estimate of drug-likeness (QED) is 0.639. The highest BCUT2D eigenvalue weighted by Crippen LogP contribution is 2.43. The Bertz CT molecular complexity index is 1330. The summed E-state index contributed by atoms with van der Waals surface area (Å²) in [5.41, 5.74) is 7.98. The van der Waals surface area contributed by atoms with Crippen LogP contribution in [-0.4, -0.2) is 38.1 Å². The summed E-state index contributed by atoms with van der Waals surface area (Å²) in [6.07, 6.45) is 1.17. The van der Waals surface area contributed by atoms with Crippen molar-refractivity contribution in [2.75, 3.05) is 24.0 Å². The molecule has 0 bridgehead atoms. The lowest BCUT2D eigenvalue weighted by molar-refractivity contribution is -0.139. The smallest absolute Gasteiger partial charge is 0.355 e. The number of nitrogens with zero attached hydrogens (tertiary/aromatic N) is 3. The Morgan fingerprint density at radius 2 is 1.69 bits per heavy atom. The zero-order valence-corrected chi connectivity index (χ0v) is 20.2. The molecule has 0 aromatic heterocycles. The topological polar surface area (TPSA) is 126 Å². The Balaban J connectivity index is 1.99. The Kier molecular flexibility index (Phi) is 6.79. The van der Waals surface area contributed by atoms with Crippen molar-refractivity contribution in [2.45, 2.75) is 31.7 Å². The summed E-state index contributed by atoms with van der Waals surface area (Å²) >= 11 is 0. The molecule has 2 aromatic rings. The molecule has 1 saturated heterocycles. The molecule has 0 saturated carbocycles. The first kappa shape index (κ1) is 24.5. The van der Waals surface area contributed by atoms with E-state index in [1.807, 2.05) is 6.92 Å². The zero-order chi connectivity index (χ0) is 26.0. The SMILES string of the molecule is COC(=O)C1=C(C(=O)OC)N(c2cccc(N3C(=O)CCC3C)c2)C(N)=C(C#N)C1c1ccccc1. The van der Waals surface area contributed by atoms with Gasteiger partial charge in [0.2, 0.25) is 5.91 Å². The number of ether oxygens (including phenoxy) is 2. The lowest BCUT2D eigenvalue weighted by Gasteiger charge is -2.36. The van der Waals surface area contributed by atoms with Gasteiger partial charge in [-0.25, -0.2) is 9.59 Å². The molecule has 2 N–H and O–H groups in total. The molecule has 9 nitrogen and oxygen atoms in total. The minimum Gasteiger partial charge on any atom is -0.466 e. The van der Waals surface area contributed by atoms with Crippen LogP contribution in [0.5, 0.6) is 0 Å². The van der Waals surface area contributed by atoms with Gasteiger partial charge in [-0.2, -0.15) is 5.26 Å². The largest absolute Gasteiger partial charge is 0.466 e. The van der Waals surface area contributed by atoms with Gasteiger partial charge >= 0.3 is 11.9 Å². The van der Waals surface area contributed by atoms with Crippen molar-refractivity contribution >= 4 is 29.2 Å². The van der Waals surface area contributed by atoms with Crippen LogP contribution >= 0.6 is 0 Å². The van der Waals surface area contributed by atoms with E-state index in [-0.39, 0.29) is 34.6 Å². The van der Waals surface area contributed by atoms with Gasteiger partial charge in [-0.1, -0.05) is 36.4 Å². The van der Waals surface area contributed by atoms with E-state index in [1.165, 1.54) is 19.1 Å². The van der Waals surface area contributed by atoms with Crippen molar-refractivity contribution in [3.8, 4) is 6.07 Å². The van der Waals surface area contributed by atoms with E-state index in [9.17, 15) is 19.6 Å². The molecule has 9 heteroatoms. The van der Waals surface area contributed by atoms with Crippen LogP contribution in [-0.2, 0) is 23.9 Å². The van der Waals surface area contributed by atoms with Crippen molar-refractivity contribution in [1.29, 1.82) is 5.26 Å². The monoisotopic (exact) mass is 486 g/mol. The summed E-state index contributed by atoms with van der Waals surface area (Å²) < 4.78 is 10.1. The number of hydrogen-bond donors (Lipinski definition) is 1. The van der Waals surface area contributed by atoms with E-state index in [0.717, 1.165) is 6.42 Å². The van der Waals surface area contributed by atoms with Gasteiger partial charge in [0.05, 0.1) is 37.4 Å². The van der Waals surface area contributed by atoms with Crippen LogP contribution in [0.15, 0.2) is 77.3 Å². The maximum Gasteiger partial charge on any atom is 0.355 e. The number of rotatable bonds is 5. The Morgan fingerprint density at radius 3 is 2.28 bits per heavy atom. The molecule has 2 atom stereocenters. The first-order valence-corrected chi connectivity index (χ1v) is 11.4. The lowest BCUT2D eigenvalue weighted by Crippen LogP contribution is -2.41. The number of esters is 2. The number of amides is 1. The van der Waals surface area contributed by atoms with Crippen molar-refractivity contribution in [1.82, 2.24) is 0 Å². The molecule has 36 heavy (non-hydrogen) atoms. The number of carbonyl (C=O) groups excluding carboxylic acids is 3. The third-order valence-corrected chi connectivity index (χ3v) is 6.46. The van der Waals surface area contributed by atoms with Crippen molar-refractivity contribution in [3.63, 3.8) is 0 Å². The number of nitrogens with two attached hydrogens (primary N) is 1. The minimum atomic E-state index is -0.947. The molecule has 0 spiro atoms. The molecule has 2 aliphatic heterocycles. The molecule has 1 fully saturated rings.